The highest BCUT2D eigenvalue weighted by Gasteiger charge is 2.22. The van der Waals surface area contributed by atoms with E-state index in [9.17, 15) is 4.79 Å². The molecule has 15 heavy (non-hydrogen) atoms. The van der Waals surface area contributed by atoms with Gasteiger partial charge >= 0.3 is 0 Å². The number of aryl methyl sites for hydroxylation is 1. The molecule has 2 N–H and O–H groups in total. The van der Waals surface area contributed by atoms with E-state index in [4.69, 9.17) is 5.73 Å². The Bertz CT molecular complexity index is 387. The Morgan fingerprint density at radius 1 is 1.53 bits per heavy atom. The summed E-state index contributed by atoms with van der Waals surface area (Å²) >= 11 is 0. The fourth-order valence-corrected chi connectivity index (χ4v) is 2.12. The van der Waals surface area contributed by atoms with Crippen molar-refractivity contribution in [3.63, 3.8) is 0 Å². The minimum absolute atomic E-state index is 0.161. The zero-order chi connectivity index (χ0) is 10.8. The molecule has 0 aromatic heterocycles. The van der Waals surface area contributed by atoms with Gasteiger partial charge in [0.15, 0.2) is 0 Å². The van der Waals surface area contributed by atoms with Crippen molar-refractivity contribution in [3.05, 3.63) is 23.8 Å². The summed E-state index contributed by atoms with van der Waals surface area (Å²) < 4.78 is 0. The predicted octanol–water partition coefficient (Wildman–Crippen LogP) is 1.96. The molecule has 3 nitrogen and oxygen atoms in total. The van der Waals surface area contributed by atoms with Crippen LogP contribution >= 0.6 is 0 Å². The van der Waals surface area contributed by atoms with Gasteiger partial charge in [0, 0.05) is 13.0 Å². The van der Waals surface area contributed by atoms with Crippen LogP contribution in [0.3, 0.4) is 0 Å². The van der Waals surface area contributed by atoms with E-state index in [1.165, 1.54) is 5.56 Å². The van der Waals surface area contributed by atoms with Gasteiger partial charge in [0.1, 0.15) is 0 Å². The van der Waals surface area contributed by atoms with Crippen LogP contribution in [0, 0.1) is 0 Å². The highest BCUT2D eigenvalue weighted by Crippen LogP contribution is 2.32. The van der Waals surface area contributed by atoms with Gasteiger partial charge in [-0.25, -0.2) is 0 Å². The van der Waals surface area contributed by atoms with Crippen molar-refractivity contribution in [3.8, 4) is 0 Å². The fraction of sp³-hybridized carbons (Fsp3) is 0.417. The minimum atomic E-state index is 0.161. The Hall–Kier alpha value is -1.51. The number of nitrogens with zero attached hydrogens (tertiary/aromatic N) is 1. The molecule has 1 aromatic carbocycles. The van der Waals surface area contributed by atoms with E-state index in [0.29, 0.717) is 12.1 Å². The summed E-state index contributed by atoms with van der Waals surface area (Å²) in [5.74, 6) is 0.161. The highest BCUT2D eigenvalue weighted by molar-refractivity contribution is 5.97. The van der Waals surface area contributed by atoms with E-state index in [-0.39, 0.29) is 5.91 Å². The van der Waals surface area contributed by atoms with Crippen LogP contribution in [-0.2, 0) is 11.2 Å². The van der Waals surface area contributed by atoms with E-state index in [2.05, 4.69) is 6.07 Å². The molecule has 0 radical (unpaired) electrons. The zero-order valence-corrected chi connectivity index (χ0v) is 8.99. The average Bonchev–Trinajstić information content (AvgIpc) is 2.28. The Morgan fingerprint density at radius 3 is 3.07 bits per heavy atom. The third kappa shape index (κ3) is 1.69. The summed E-state index contributed by atoms with van der Waals surface area (Å²) in [6, 6.07) is 5.87. The van der Waals surface area contributed by atoms with Crippen molar-refractivity contribution in [2.75, 3.05) is 17.2 Å². The number of carbonyl (C=O) groups is 1. The Kier molecular flexibility index (Phi) is 2.62. The number of para-hydroxylation sites is 1. The maximum absolute atomic E-state index is 11.8. The molecular formula is C12H16N2O. The number of nitrogen functional groups attached to an aromatic ring is 1. The lowest BCUT2D eigenvalue weighted by atomic mass is 10.00. The molecule has 1 heterocycles. The van der Waals surface area contributed by atoms with Crippen molar-refractivity contribution in [1.29, 1.82) is 0 Å². The minimum Gasteiger partial charge on any atom is -0.397 e. The lowest BCUT2D eigenvalue weighted by Gasteiger charge is -2.30. The van der Waals surface area contributed by atoms with E-state index >= 15 is 0 Å². The van der Waals surface area contributed by atoms with E-state index < -0.39 is 0 Å². The van der Waals surface area contributed by atoms with Crippen molar-refractivity contribution in [2.45, 2.75) is 26.2 Å². The number of amides is 1. The molecule has 0 atom stereocenters. The molecule has 0 saturated heterocycles. The number of hydrogen-bond donors (Lipinski definition) is 1. The van der Waals surface area contributed by atoms with E-state index in [0.717, 1.165) is 25.1 Å². The molecule has 1 aromatic rings. The number of fused-ring (bicyclic) bond motifs is 1. The maximum atomic E-state index is 11.8. The highest BCUT2D eigenvalue weighted by atomic mass is 16.2. The topological polar surface area (TPSA) is 46.3 Å². The summed E-state index contributed by atoms with van der Waals surface area (Å²) in [5, 5.41) is 0. The number of benzene rings is 1. The standard InChI is InChI=1S/C12H16N2O/c1-2-11(15)14-8-4-6-9-5-3-7-10(13)12(9)14/h3,5,7H,2,4,6,8,13H2,1H3. The summed E-state index contributed by atoms with van der Waals surface area (Å²) in [7, 11) is 0. The van der Waals surface area contributed by atoms with Crippen molar-refractivity contribution in [1.82, 2.24) is 0 Å². The summed E-state index contributed by atoms with van der Waals surface area (Å²) in [6.45, 7) is 2.68. The SMILES string of the molecule is CCC(=O)N1CCCc2cccc(N)c21. The van der Waals surface area contributed by atoms with Gasteiger partial charge in [-0.1, -0.05) is 19.1 Å². The van der Waals surface area contributed by atoms with Crippen LogP contribution in [0.5, 0.6) is 0 Å². The van der Waals surface area contributed by atoms with Crippen LogP contribution in [0.4, 0.5) is 11.4 Å². The third-order valence-electron chi connectivity index (χ3n) is 2.85. The molecule has 1 amide bonds. The van der Waals surface area contributed by atoms with Crippen LogP contribution in [0.15, 0.2) is 18.2 Å². The summed E-state index contributed by atoms with van der Waals surface area (Å²) in [4.78, 5) is 13.6. The lowest BCUT2D eigenvalue weighted by Crippen LogP contribution is -2.35. The molecule has 0 fully saturated rings. The normalized spacial score (nSPS) is 14.9. The largest absolute Gasteiger partial charge is 0.397 e. The summed E-state index contributed by atoms with van der Waals surface area (Å²) in [5.41, 5.74) is 8.78. The van der Waals surface area contributed by atoms with Crippen LogP contribution in [0.2, 0.25) is 0 Å². The first-order chi connectivity index (χ1) is 7.24. The second-order valence-corrected chi connectivity index (χ2v) is 3.86. The monoisotopic (exact) mass is 204 g/mol. The first kappa shape index (κ1) is 10.0. The van der Waals surface area contributed by atoms with E-state index in [1.807, 2.05) is 24.0 Å². The first-order valence-corrected chi connectivity index (χ1v) is 5.41. The molecule has 1 aliphatic heterocycles. The molecule has 0 unspecified atom stereocenters. The smallest absolute Gasteiger partial charge is 0.226 e. The summed E-state index contributed by atoms with van der Waals surface area (Å²) in [6.07, 6.45) is 2.59. The predicted molar refractivity (Wildman–Crippen MR) is 61.8 cm³/mol. The van der Waals surface area contributed by atoms with Gasteiger partial charge in [0.25, 0.3) is 0 Å². The number of hydrogen-bond acceptors (Lipinski definition) is 2. The van der Waals surface area contributed by atoms with Crippen LogP contribution in [0.1, 0.15) is 25.3 Å². The van der Waals surface area contributed by atoms with Crippen molar-refractivity contribution in [2.24, 2.45) is 0 Å². The molecular weight excluding hydrogens is 188 g/mol. The van der Waals surface area contributed by atoms with Gasteiger partial charge in [-0.2, -0.15) is 0 Å². The third-order valence-corrected chi connectivity index (χ3v) is 2.85. The quantitative estimate of drug-likeness (QED) is 0.711. The van der Waals surface area contributed by atoms with Gasteiger partial charge < -0.3 is 10.6 Å². The molecule has 2 rings (SSSR count). The van der Waals surface area contributed by atoms with Gasteiger partial charge in [-0.3, -0.25) is 4.79 Å². The van der Waals surface area contributed by atoms with Gasteiger partial charge in [0.2, 0.25) is 5.91 Å². The number of rotatable bonds is 1. The average molecular weight is 204 g/mol. The van der Waals surface area contributed by atoms with Crippen molar-refractivity contribution < 1.29 is 4.79 Å². The molecule has 1 aliphatic rings. The Balaban J connectivity index is 2.45. The van der Waals surface area contributed by atoms with Gasteiger partial charge in [0.05, 0.1) is 11.4 Å². The second-order valence-electron chi connectivity index (χ2n) is 3.86. The molecule has 0 bridgehead atoms. The lowest BCUT2D eigenvalue weighted by molar-refractivity contribution is -0.118. The second kappa shape index (κ2) is 3.93. The zero-order valence-electron chi connectivity index (χ0n) is 8.99. The first-order valence-electron chi connectivity index (χ1n) is 5.41. The fourth-order valence-electron chi connectivity index (χ4n) is 2.12. The number of nitrogens with two attached hydrogens (primary N) is 1. The molecule has 0 saturated carbocycles. The number of anilines is 2. The molecule has 0 aliphatic carbocycles. The van der Waals surface area contributed by atoms with Gasteiger partial charge in [-0.15, -0.1) is 0 Å². The van der Waals surface area contributed by atoms with Crippen LogP contribution in [0.25, 0.3) is 0 Å². The Morgan fingerprint density at radius 2 is 2.33 bits per heavy atom. The molecule has 80 valence electrons. The van der Waals surface area contributed by atoms with Gasteiger partial charge in [-0.05, 0) is 24.5 Å². The van der Waals surface area contributed by atoms with Crippen LogP contribution < -0.4 is 10.6 Å². The Labute approximate surface area is 89.9 Å². The van der Waals surface area contributed by atoms with E-state index in [1.54, 1.807) is 0 Å². The number of carbonyl (C=O) groups excluding carboxylic acids is 1. The maximum Gasteiger partial charge on any atom is 0.226 e. The van der Waals surface area contributed by atoms with Crippen LogP contribution in [-0.4, -0.2) is 12.5 Å². The molecule has 0 spiro atoms. The molecule has 3 heteroatoms. The van der Waals surface area contributed by atoms with Crippen molar-refractivity contribution >= 4 is 17.3 Å².